The van der Waals surface area contributed by atoms with E-state index >= 15 is 0 Å². The maximum absolute atomic E-state index is 13.7. The van der Waals surface area contributed by atoms with Crippen molar-refractivity contribution in [1.82, 2.24) is 4.98 Å². The monoisotopic (exact) mass is 284 g/mol. The Hall–Kier alpha value is -2.49. The molecule has 0 radical (unpaired) electrons. The standard InChI is InChI=1S/C17H14F2N2/c1-11-8-15(19)17(9-14(11)18)20-10-13-7-6-12-4-2-3-5-16(12)21-13/h2-9,20H,10H2,1H3. The van der Waals surface area contributed by atoms with Gasteiger partial charge in [-0.25, -0.2) is 8.78 Å². The van der Waals surface area contributed by atoms with Crippen molar-refractivity contribution in [2.75, 3.05) is 5.32 Å². The first-order valence-electron chi connectivity index (χ1n) is 6.68. The third-order valence-electron chi connectivity index (χ3n) is 3.36. The molecule has 0 fully saturated rings. The summed E-state index contributed by atoms with van der Waals surface area (Å²) in [5, 5.41) is 3.93. The fourth-order valence-electron chi connectivity index (χ4n) is 2.17. The van der Waals surface area contributed by atoms with Gasteiger partial charge in [-0.05, 0) is 30.7 Å². The second-order valence-corrected chi connectivity index (χ2v) is 4.93. The Bertz CT molecular complexity index is 800. The molecule has 2 nitrogen and oxygen atoms in total. The smallest absolute Gasteiger partial charge is 0.146 e. The molecule has 0 amide bonds. The number of fused-ring (bicyclic) bond motifs is 1. The molecule has 106 valence electrons. The van der Waals surface area contributed by atoms with Crippen molar-refractivity contribution < 1.29 is 8.78 Å². The quantitative estimate of drug-likeness (QED) is 0.769. The van der Waals surface area contributed by atoms with Gasteiger partial charge in [-0.2, -0.15) is 0 Å². The lowest BCUT2D eigenvalue weighted by molar-refractivity contribution is 0.594. The number of aromatic nitrogens is 1. The Labute approximate surface area is 121 Å². The van der Waals surface area contributed by atoms with Gasteiger partial charge in [-0.3, -0.25) is 4.98 Å². The molecule has 0 aliphatic heterocycles. The van der Waals surface area contributed by atoms with Crippen molar-refractivity contribution in [3.8, 4) is 0 Å². The van der Waals surface area contributed by atoms with Crippen LogP contribution in [0.25, 0.3) is 10.9 Å². The molecule has 0 spiro atoms. The summed E-state index contributed by atoms with van der Waals surface area (Å²) in [6.45, 7) is 1.87. The van der Waals surface area contributed by atoms with Crippen molar-refractivity contribution in [1.29, 1.82) is 0 Å². The third kappa shape index (κ3) is 2.84. The van der Waals surface area contributed by atoms with Gasteiger partial charge >= 0.3 is 0 Å². The molecular weight excluding hydrogens is 270 g/mol. The highest BCUT2D eigenvalue weighted by atomic mass is 19.1. The minimum Gasteiger partial charge on any atom is -0.377 e. The van der Waals surface area contributed by atoms with E-state index in [-0.39, 0.29) is 5.69 Å². The van der Waals surface area contributed by atoms with Crippen LogP contribution in [0, 0.1) is 18.6 Å². The number of hydrogen-bond acceptors (Lipinski definition) is 2. The number of pyridine rings is 1. The maximum atomic E-state index is 13.7. The molecular formula is C17H14F2N2. The highest BCUT2D eigenvalue weighted by Crippen LogP contribution is 2.20. The van der Waals surface area contributed by atoms with Crippen LogP contribution >= 0.6 is 0 Å². The molecule has 0 unspecified atom stereocenters. The van der Waals surface area contributed by atoms with Gasteiger partial charge in [0.05, 0.1) is 23.4 Å². The fourth-order valence-corrected chi connectivity index (χ4v) is 2.17. The predicted octanol–water partition coefficient (Wildman–Crippen LogP) is 4.43. The number of aryl methyl sites for hydroxylation is 1. The zero-order valence-electron chi connectivity index (χ0n) is 11.5. The summed E-state index contributed by atoms with van der Waals surface area (Å²) in [6.07, 6.45) is 0. The SMILES string of the molecule is Cc1cc(F)c(NCc2ccc3ccccc3n2)cc1F. The molecule has 1 N–H and O–H groups in total. The van der Waals surface area contributed by atoms with E-state index < -0.39 is 11.6 Å². The number of benzene rings is 2. The number of nitrogens with one attached hydrogen (secondary N) is 1. The minimum absolute atomic E-state index is 0.146. The molecule has 0 aliphatic rings. The normalized spacial score (nSPS) is 10.8. The molecule has 1 aromatic heterocycles. The Kier molecular flexibility index (Phi) is 3.52. The number of nitrogens with zero attached hydrogens (tertiary/aromatic N) is 1. The van der Waals surface area contributed by atoms with Crippen molar-refractivity contribution in [2.45, 2.75) is 13.5 Å². The predicted molar refractivity (Wildman–Crippen MR) is 80.2 cm³/mol. The van der Waals surface area contributed by atoms with Crippen molar-refractivity contribution >= 4 is 16.6 Å². The molecule has 1 heterocycles. The van der Waals surface area contributed by atoms with Crippen LogP contribution in [-0.4, -0.2) is 4.98 Å². The number of hydrogen-bond donors (Lipinski definition) is 1. The van der Waals surface area contributed by atoms with E-state index in [4.69, 9.17) is 0 Å². The van der Waals surface area contributed by atoms with Crippen LogP contribution in [-0.2, 0) is 6.54 Å². The van der Waals surface area contributed by atoms with Crippen molar-refractivity contribution in [2.24, 2.45) is 0 Å². The zero-order chi connectivity index (χ0) is 14.8. The van der Waals surface area contributed by atoms with E-state index in [2.05, 4.69) is 10.3 Å². The minimum atomic E-state index is -0.463. The van der Waals surface area contributed by atoms with E-state index in [1.807, 2.05) is 36.4 Å². The highest BCUT2D eigenvalue weighted by Gasteiger charge is 2.07. The summed E-state index contributed by atoms with van der Waals surface area (Å²) in [5.74, 6) is -0.889. The fraction of sp³-hybridized carbons (Fsp3) is 0.118. The summed E-state index contributed by atoms with van der Waals surface area (Å²) in [6, 6.07) is 14.0. The van der Waals surface area contributed by atoms with Crippen LogP contribution in [0.5, 0.6) is 0 Å². The van der Waals surface area contributed by atoms with Gasteiger partial charge in [0.1, 0.15) is 11.6 Å². The van der Waals surface area contributed by atoms with E-state index in [9.17, 15) is 8.78 Å². The second kappa shape index (κ2) is 5.48. The van der Waals surface area contributed by atoms with Gasteiger partial charge in [0.15, 0.2) is 0 Å². The Balaban J connectivity index is 1.81. The molecule has 2 aromatic carbocycles. The summed E-state index contributed by atoms with van der Waals surface area (Å²) in [5.41, 5.74) is 2.09. The molecule has 21 heavy (non-hydrogen) atoms. The molecule has 3 rings (SSSR count). The summed E-state index contributed by atoms with van der Waals surface area (Å²) >= 11 is 0. The first-order valence-corrected chi connectivity index (χ1v) is 6.68. The highest BCUT2D eigenvalue weighted by molar-refractivity contribution is 5.78. The molecule has 0 bridgehead atoms. The lowest BCUT2D eigenvalue weighted by Crippen LogP contribution is -2.04. The molecule has 3 aromatic rings. The molecule has 0 atom stereocenters. The van der Waals surface area contributed by atoms with Crippen LogP contribution in [0.2, 0.25) is 0 Å². The first-order chi connectivity index (χ1) is 10.1. The first kappa shape index (κ1) is 13.5. The van der Waals surface area contributed by atoms with Crippen molar-refractivity contribution in [3.63, 3.8) is 0 Å². The summed E-state index contributed by atoms with van der Waals surface area (Å²) in [4.78, 5) is 4.48. The van der Waals surface area contributed by atoms with Crippen LogP contribution in [0.1, 0.15) is 11.3 Å². The maximum Gasteiger partial charge on any atom is 0.146 e. The summed E-state index contributed by atoms with van der Waals surface area (Å²) in [7, 11) is 0. The van der Waals surface area contributed by atoms with Gasteiger partial charge in [0.2, 0.25) is 0 Å². The van der Waals surface area contributed by atoms with Crippen LogP contribution in [0.4, 0.5) is 14.5 Å². The van der Waals surface area contributed by atoms with E-state index in [0.717, 1.165) is 16.6 Å². The number of anilines is 1. The van der Waals surface area contributed by atoms with Crippen LogP contribution in [0.3, 0.4) is 0 Å². The van der Waals surface area contributed by atoms with Crippen LogP contribution in [0.15, 0.2) is 48.5 Å². The molecule has 0 saturated heterocycles. The second-order valence-electron chi connectivity index (χ2n) is 4.93. The topological polar surface area (TPSA) is 24.9 Å². The lowest BCUT2D eigenvalue weighted by Gasteiger charge is -2.09. The zero-order valence-corrected chi connectivity index (χ0v) is 11.5. The van der Waals surface area contributed by atoms with Gasteiger partial charge in [-0.1, -0.05) is 24.3 Å². The van der Waals surface area contributed by atoms with Gasteiger partial charge in [-0.15, -0.1) is 0 Å². The number of para-hydroxylation sites is 1. The van der Waals surface area contributed by atoms with Crippen LogP contribution < -0.4 is 5.32 Å². The van der Waals surface area contributed by atoms with Gasteiger partial charge in [0.25, 0.3) is 0 Å². The Morgan fingerprint density at radius 2 is 1.81 bits per heavy atom. The summed E-state index contributed by atoms with van der Waals surface area (Å²) < 4.78 is 27.2. The molecule has 0 aliphatic carbocycles. The van der Waals surface area contributed by atoms with Gasteiger partial charge in [0, 0.05) is 11.5 Å². The average molecular weight is 284 g/mol. The molecule has 0 saturated carbocycles. The third-order valence-corrected chi connectivity index (χ3v) is 3.36. The van der Waals surface area contributed by atoms with E-state index in [1.54, 1.807) is 0 Å². The average Bonchev–Trinajstić information content (AvgIpc) is 2.49. The Morgan fingerprint density at radius 1 is 1.00 bits per heavy atom. The largest absolute Gasteiger partial charge is 0.377 e. The number of rotatable bonds is 3. The Morgan fingerprint density at radius 3 is 2.67 bits per heavy atom. The van der Waals surface area contributed by atoms with E-state index in [1.165, 1.54) is 19.1 Å². The number of halogens is 2. The van der Waals surface area contributed by atoms with E-state index in [0.29, 0.717) is 12.1 Å². The van der Waals surface area contributed by atoms with Crippen molar-refractivity contribution in [3.05, 3.63) is 71.4 Å². The lowest BCUT2D eigenvalue weighted by atomic mass is 10.2. The van der Waals surface area contributed by atoms with Gasteiger partial charge < -0.3 is 5.32 Å². The molecule has 4 heteroatoms.